The highest BCUT2D eigenvalue weighted by atomic mass is 16.5. The summed E-state index contributed by atoms with van der Waals surface area (Å²) in [5.41, 5.74) is 1.39. The van der Waals surface area contributed by atoms with Crippen LogP contribution in [0.25, 0.3) is 0 Å². The van der Waals surface area contributed by atoms with Crippen LogP contribution in [0.5, 0.6) is 5.75 Å². The third kappa shape index (κ3) is 4.14. The first-order valence-corrected chi connectivity index (χ1v) is 9.05. The van der Waals surface area contributed by atoms with Crippen molar-refractivity contribution in [2.45, 2.75) is 13.3 Å². The molecule has 3 rings (SSSR count). The van der Waals surface area contributed by atoms with Crippen LogP contribution in [0.1, 0.15) is 23.7 Å². The minimum Gasteiger partial charge on any atom is -0.494 e. The molecule has 2 amide bonds. The Morgan fingerprint density at radius 1 is 1.14 bits per heavy atom. The summed E-state index contributed by atoms with van der Waals surface area (Å²) < 4.78 is 10.2. The first-order chi connectivity index (χ1) is 13.5. The van der Waals surface area contributed by atoms with Gasteiger partial charge in [-0.1, -0.05) is 12.1 Å². The van der Waals surface area contributed by atoms with E-state index < -0.39 is 11.9 Å². The number of nitrogens with one attached hydrogen (secondary N) is 1. The van der Waals surface area contributed by atoms with Gasteiger partial charge in [0.25, 0.3) is 0 Å². The highest BCUT2D eigenvalue weighted by Crippen LogP contribution is 2.29. The zero-order valence-corrected chi connectivity index (χ0v) is 15.8. The number of rotatable bonds is 6. The Balaban J connectivity index is 1.70. The smallest absolute Gasteiger partial charge is 0.339 e. The van der Waals surface area contributed by atoms with Gasteiger partial charge in [0, 0.05) is 18.7 Å². The van der Waals surface area contributed by atoms with Crippen LogP contribution in [0, 0.1) is 5.92 Å². The van der Waals surface area contributed by atoms with Gasteiger partial charge in [-0.25, -0.2) is 4.79 Å². The minimum absolute atomic E-state index is 0.0817. The van der Waals surface area contributed by atoms with E-state index in [1.165, 1.54) is 12.0 Å². The van der Waals surface area contributed by atoms with Crippen LogP contribution in [0.2, 0.25) is 0 Å². The molecular weight excluding hydrogens is 360 g/mol. The fourth-order valence-electron chi connectivity index (χ4n) is 3.15. The van der Waals surface area contributed by atoms with Gasteiger partial charge in [-0.3, -0.25) is 9.59 Å². The quantitative estimate of drug-likeness (QED) is 0.777. The molecule has 0 aromatic heterocycles. The predicted molar refractivity (Wildman–Crippen MR) is 104 cm³/mol. The molecule has 1 aliphatic rings. The maximum atomic E-state index is 12.6. The van der Waals surface area contributed by atoms with Gasteiger partial charge in [-0.2, -0.15) is 0 Å². The Bertz CT molecular complexity index is 879. The van der Waals surface area contributed by atoms with Crippen molar-refractivity contribution in [3.8, 4) is 5.75 Å². The van der Waals surface area contributed by atoms with Gasteiger partial charge >= 0.3 is 5.97 Å². The number of hydrogen-bond acceptors (Lipinski definition) is 5. The van der Waals surface area contributed by atoms with Crippen molar-refractivity contribution >= 4 is 29.2 Å². The van der Waals surface area contributed by atoms with Gasteiger partial charge in [0.1, 0.15) is 5.75 Å². The Kier molecular flexibility index (Phi) is 5.93. The molecule has 1 heterocycles. The highest BCUT2D eigenvalue weighted by Gasteiger charge is 2.36. The zero-order valence-electron chi connectivity index (χ0n) is 15.8. The zero-order chi connectivity index (χ0) is 20.1. The Morgan fingerprint density at radius 2 is 1.86 bits per heavy atom. The normalized spacial score (nSPS) is 16.0. The second-order valence-electron chi connectivity index (χ2n) is 6.36. The molecule has 146 valence electrons. The molecule has 0 spiro atoms. The summed E-state index contributed by atoms with van der Waals surface area (Å²) in [4.78, 5) is 38.6. The maximum Gasteiger partial charge on any atom is 0.339 e. The van der Waals surface area contributed by atoms with Gasteiger partial charge in [0.2, 0.25) is 11.8 Å². The van der Waals surface area contributed by atoms with E-state index in [1.807, 2.05) is 6.92 Å². The molecule has 0 saturated carbocycles. The van der Waals surface area contributed by atoms with Gasteiger partial charge in [-0.05, 0) is 43.3 Å². The molecule has 0 bridgehead atoms. The van der Waals surface area contributed by atoms with E-state index in [4.69, 9.17) is 9.47 Å². The lowest BCUT2D eigenvalue weighted by Gasteiger charge is -2.19. The van der Waals surface area contributed by atoms with E-state index >= 15 is 0 Å². The van der Waals surface area contributed by atoms with E-state index in [-0.39, 0.29) is 24.8 Å². The van der Waals surface area contributed by atoms with Gasteiger partial charge in [-0.15, -0.1) is 0 Å². The molecule has 1 saturated heterocycles. The van der Waals surface area contributed by atoms with Crippen LogP contribution in [0.3, 0.4) is 0 Å². The van der Waals surface area contributed by atoms with E-state index in [1.54, 1.807) is 48.5 Å². The fraction of sp³-hybridized carbons (Fsp3) is 0.286. The first kappa shape index (κ1) is 19.4. The van der Waals surface area contributed by atoms with Crippen molar-refractivity contribution in [1.82, 2.24) is 0 Å². The van der Waals surface area contributed by atoms with E-state index in [0.29, 0.717) is 23.5 Å². The molecule has 28 heavy (non-hydrogen) atoms. The van der Waals surface area contributed by atoms with Gasteiger partial charge in [0.15, 0.2) is 0 Å². The molecule has 2 aromatic rings. The van der Waals surface area contributed by atoms with Crippen molar-refractivity contribution in [3.05, 3.63) is 54.1 Å². The molecular formula is C21H22N2O5. The minimum atomic E-state index is -0.523. The van der Waals surface area contributed by atoms with Crippen LogP contribution < -0.4 is 15.0 Å². The maximum absolute atomic E-state index is 12.6. The molecule has 2 aromatic carbocycles. The Hall–Kier alpha value is -3.35. The van der Waals surface area contributed by atoms with Crippen molar-refractivity contribution < 1.29 is 23.9 Å². The third-order valence-electron chi connectivity index (χ3n) is 4.53. The van der Waals surface area contributed by atoms with E-state index in [0.717, 1.165) is 5.75 Å². The summed E-state index contributed by atoms with van der Waals surface area (Å²) in [6, 6.07) is 13.8. The second-order valence-corrected chi connectivity index (χ2v) is 6.36. The predicted octanol–water partition coefficient (Wildman–Crippen LogP) is 2.86. The monoisotopic (exact) mass is 382 g/mol. The van der Waals surface area contributed by atoms with E-state index in [2.05, 4.69) is 5.32 Å². The average Bonchev–Trinajstić information content (AvgIpc) is 3.11. The SMILES string of the molecule is CCOc1ccc(NC(=O)C2CC(=O)N(c3ccccc3C(=O)OC)C2)cc1. The Morgan fingerprint density at radius 3 is 2.54 bits per heavy atom. The molecule has 0 radical (unpaired) electrons. The summed E-state index contributed by atoms with van der Waals surface area (Å²) >= 11 is 0. The van der Waals surface area contributed by atoms with Crippen LogP contribution in [-0.4, -0.2) is 38.0 Å². The van der Waals surface area contributed by atoms with Gasteiger partial charge < -0.3 is 19.7 Å². The van der Waals surface area contributed by atoms with Gasteiger partial charge in [0.05, 0.1) is 30.9 Å². The molecule has 1 aliphatic heterocycles. The largest absolute Gasteiger partial charge is 0.494 e. The molecule has 1 atom stereocenters. The summed E-state index contributed by atoms with van der Waals surface area (Å²) in [5, 5.41) is 2.83. The number of ether oxygens (including phenoxy) is 2. The number of carbonyl (C=O) groups is 3. The average molecular weight is 382 g/mol. The van der Waals surface area contributed by atoms with Crippen molar-refractivity contribution in [2.24, 2.45) is 5.92 Å². The van der Waals surface area contributed by atoms with Crippen molar-refractivity contribution in [1.29, 1.82) is 0 Å². The molecule has 1 fully saturated rings. The molecule has 1 N–H and O–H groups in total. The molecule has 7 nitrogen and oxygen atoms in total. The summed E-state index contributed by atoms with van der Waals surface area (Å²) in [7, 11) is 1.29. The third-order valence-corrected chi connectivity index (χ3v) is 4.53. The lowest BCUT2D eigenvalue weighted by atomic mass is 10.1. The standard InChI is InChI=1S/C21H22N2O5/c1-3-28-16-10-8-15(9-11-16)22-20(25)14-12-19(24)23(13-14)18-7-5-4-6-17(18)21(26)27-2/h4-11,14H,3,12-13H2,1-2H3,(H,22,25). The van der Waals surface area contributed by atoms with E-state index in [9.17, 15) is 14.4 Å². The molecule has 0 aliphatic carbocycles. The topological polar surface area (TPSA) is 84.9 Å². The molecule has 1 unspecified atom stereocenters. The number of para-hydroxylation sites is 1. The highest BCUT2D eigenvalue weighted by molar-refractivity contribution is 6.07. The summed E-state index contributed by atoms with van der Waals surface area (Å²) in [6.07, 6.45) is 0.0817. The van der Waals surface area contributed by atoms with Crippen LogP contribution in [0.15, 0.2) is 48.5 Å². The number of hydrogen-bond donors (Lipinski definition) is 1. The number of benzene rings is 2. The van der Waals surface area contributed by atoms with Crippen LogP contribution in [-0.2, 0) is 14.3 Å². The number of methoxy groups -OCH3 is 1. The number of nitrogens with zero attached hydrogens (tertiary/aromatic N) is 1. The van der Waals surface area contributed by atoms with Crippen molar-refractivity contribution in [2.75, 3.05) is 30.5 Å². The lowest BCUT2D eigenvalue weighted by molar-refractivity contribution is -0.122. The Labute approximate surface area is 163 Å². The fourth-order valence-corrected chi connectivity index (χ4v) is 3.15. The second kappa shape index (κ2) is 8.56. The number of anilines is 2. The summed E-state index contributed by atoms with van der Waals surface area (Å²) in [6.45, 7) is 2.67. The lowest BCUT2D eigenvalue weighted by Crippen LogP contribution is -2.29. The number of carbonyl (C=O) groups excluding carboxylic acids is 3. The number of esters is 1. The number of amides is 2. The molecule has 7 heteroatoms. The first-order valence-electron chi connectivity index (χ1n) is 9.05. The van der Waals surface area contributed by atoms with Crippen LogP contribution >= 0.6 is 0 Å². The van der Waals surface area contributed by atoms with Crippen molar-refractivity contribution in [3.63, 3.8) is 0 Å². The summed E-state index contributed by atoms with van der Waals surface area (Å²) in [5.74, 6) is -0.753. The van der Waals surface area contributed by atoms with Crippen LogP contribution in [0.4, 0.5) is 11.4 Å².